The molecule has 1 aromatic heterocycles. The summed E-state index contributed by atoms with van der Waals surface area (Å²) in [6.45, 7) is 0.825. The third-order valence-electron chi connectivity index (χ3n) is 5.69. The SMILES string of the molecule is N#Cc1c(OCC(=O)N2CCC[C@H]3CCCC[C@@H]32)[nH]c2ccccc12. The van der Waals surface area contributed by atoms with Gasteiger partial charge in [0, 0.05) is 23.5 Å². The number of nitriles is 1. The lowest BCUT2D eigenvalue weighted by atomic mass is 9.78. The Morgan fingerprint density at radius 1 is 1.24 bits per heavy atom. The summed E-state index contributed by atoms with van der Waals surface area (Å²) in [7, 11) is 0. The summed E-state index contributed by atoms with van der Waals surface area (Å²) in [5, 5.41) is 10.3. The lowest BCUT2D eigenvalue weighted by Gasteiger charge is -2.44. The molecule has 1 saturated carbocycles. The van der Waals surface area contributed by atoms with Crippen molar-refractivity contribution in [3.63, 3.8) is 0 Å². The molecule has 0 spiro atoms. The molecule has 130 valence electrons. The van der Waals surface area contributed by atoms with Gasteiger partial charge in [-0.25, -0.2) is 0 Å². The molecule has 2 aliphatic rings. The van der Waals surface area contributed by atoms with Crippen LogP contribution in [0.5, 0.6) is 5.88 Å². The van der Waals surface area contributed by atoms with Gasteiger partial charge in [-0.2, -0.15) is 5.26 Å². The number of hydrogen-bond donors (Lipinski definition) is 1. The van der Waals surface area contributed by atoms with Crippen molar-refractivity contribution in [2.24, 2.45) is 5.92 Å². The van der Waals surface area contributed by atoms with Crippen LogP contribution in [0.15, 0.2) is 24.3 Å². The maximum absolute atomic E-state index is 12.7. The number of ether oxygens (including phenoxy) is 1. The predicted molar refractivity (Wildman–Crippen MR) is 95.2 cm³/mol. The van der Waals surface area contributed by atoms with Gasteiger partial charge >= 0.3 is 0 Å². The van der Waals surface area contributed by atoms with Gasteiger partial charge in [-0.3, -0.25) is 4.79 Å². The standard InChI is InChI=1S/C20H23N3O2/c21-12-16-15-8-2-3-9-17(15)22-20(16)25-13-19(24)23-11-5-7-14-6-1-4-10-18(14)23/h2-3,8-9,14,18,22H,1,4-7,10-11,13H2/t14-,18+/m1/s1. The second-order valence-corrected chi connectivity index (χ2v) is 7.12. The van der Waals surface area contributed by atoms with Crippen molar-refractivity contribution in [1.29, 1.82) is 5.26 Å². The minimum atomic E-state index is -0.00920. The lowest BCUT2D eigenvalue weighted by molar-refractivity contribution is -0.139. The number of hydrogen-bond acceptors (Lipinski definition) is 3. The number of nitrogens with one attached hydrogen (secondary N) is 1. The summed E-state index contributed by atoms with van der Waals surface area (Å²) in [6.07, 6.45) is 7.20. The van der Waals surface area contributed by atoms with Gasteiger partial charge in [-0.05, 0) is 37.7 Å². The largest absolute Gasteiger partial charge is 0.468 e. The van der Waals surface area contributed by atoms with Crippen LogP contribution in [0.4, 0.5) is 0 Å². The minimum absolute atomic E-state index is 0.00920. The monoisotopic (exact) mass is 337 g/mol. The number of carbonyl (C=O) groups excluding carboxylic acids is 1. The molecule has 1 amide bonds. The number of likely N-dealkylation sites (tertiary alicyclic amines) is 1. The topological polar surface area (TPSA) is 69.1 Å². The van der Waals surface area contributed by atoms with E-state index >= 15 is 0 Å². The van der Waals surface area contributed by atoms with Crippen molar-refractivity contribution in [3.8, 4) is 11.9 Å². The number of benzene rings is 1. The van der Waals surface area contributed by atoms with Crippen LogP contribution in [0, 0.1) is 17.2 Å². The molecule has 1 aliphatic heterocycles. The van der Waals surface area contributed by atoms with Gasteiger partial charge in [0.25, 0.3) is 5.91 Å². The lowest BCUT2D eigenvalue weighted by Crippen LogP contribution is -2.51. The minimum Gasteiger partial charge on any atom is -0.468 e. The molecule has 2 atom stereocenters. The van der Waals surface area contributed by atoms with Crippen LogP contribution in [-0.2, 0) is 4.79 Å². The molecule has 0 radical (unpaired) electrons. The molecule has 1 aliphatic carbocycles. The summed E-state index contributed by atoms with van der Waals surface area (Å²) in [5.74, 6) is 1.10. The molecule has 1 aromatic carbocycles. The Morgan fingerprint density at radius 2 is 2.04 bits per heavy atom. The molecule has 25 heavy (non-hydrogen) atoms. The Bertz CT molecular complexity index is 818. The predicted octanol–water partition coefficient (Wildman–Crippen LogP) is 3.60. The molecular formula is C20H23N3O2. The van der Waals surface area contributed by atoms with E-state index in [-0.39, 0.29) is 12.5 Å². The fourth-order valence-corrected chi connectivity index (χ4v) is 4.49. The fraction of sp³-hybridized carbons (Fsp3) is 0.500. The van der Waals surface area contributed by atoms with Crippen LogP contribution in [0.1, 0.15) is 44.1 Å². The van der Waals surface area contributed by atoms with E-state index in [0.29, 0.717) is 23.4 Å². The molecule has 5 nitrogen and oxygen atoms in total. The number of rotatable bonds is 3. The quantitative estimate of drug-likeness (QED) is 0.930. The number of H-pyrrole nitrogens is 1. The highest BCUT2D eigenvalue weighted by atomic mass is 16.5. The number of fused-ring (bicyclic) bond motifs is 2. The Hall–Kier alpha value is -2.48. The van der Waals surface area contributed by atoms with E-state index in [1.165, 1.54) is 25.7 Å². The molecule has 0 bridgehead atoms. The molecule has 1 N–H and O–H groups in total. The van der Waals surface area contributed by atoms with Crippen molar-refractivity contribution in [2.45, 2.75) is 44.6 Å². The van der Waals surface area contributed by atoms with E-state index in [1.807, 2.05) is 29.2 Å². The summed E-state index contributed by atoms with van der Waals surface area (Å²) >= 11 is 0. The smallest absolute Gasteiger partial charge is 0.260 e. The summed E-state index contributed by atoms with van der Waals surface area (Å²) < 4.78 is 5.74. The van der Waals surface area contributed by atoms with Crippen molar-refractivity contribution >= 4 is 16.8 Å². The molecule has 0 unspecified atom stereocenters. The van der Waals surface area contributed by atoms with E-state index in [9.17, 15) is 10.1 Å². The second kappa shape index (κ2) is 6.79. The maximum Gasteiger partial charge on any atom is 0.260 e. The third-order valence-corrected chi connectivity index (χ3v) is 5.69. The van der Waals surface area contributed by atoms with Crippen molar-refractivity contribution < 1.29 is 9.53 Å². The van der Waals surface area contributed by atoms with E-state index in [1.54, 1.807) is 0 Å². The average Bonchev–Trinajstić information content (AvgIpc) is 3.03. The molecule has 4 rings (SSSR count). The fourth-order valence-electron chi connectivity index (χ4n) is 4.49. The Balaban J connectivity index is 1.48. The van der Waals surface area contributed by atoms with Gasteiger partial charge in [0.2, 0.25) is 5.88 Å². The van der Waals surface area contributed by atoms with E-state index < -0.39 is 0 Å². The van der Waals surface area contributed by atoms with E-state index in [4.69, 9.17) is 4.74 Å². The average molecular weight is 337 g/mol. The molecule has 2 fully saturated rings. The Labute approximate surface area is 147 Å². The van der Waals surface area contributed by atoms with Crippen LogP contribution in [-0.4, -0.2) is 35.0 Å². The zero-order valence-corrected chi connectivity index (χ0v) is 14.3. The number of aromatic nitrogens is 1. The first-order valence-electron chi connectivity index (χ1n) is 9.21. The van der Waals surface area contributed by atoms with Gasteiger partial charge in [0.1, 0.15) is 11.6 Å². The highest BCUT2D eigenvalue weighted by molar-refractivity contribution is 5.88. The van der Waals surface area contributed by atoms with E-state index in [0.717, 1.165) is 30.3 Å². The van der Waals surface area contributed by atoms with Crippen molar-refractivity contribution in [3.05, 3.63) is 29.8 Å². The van der Waals surface area contributed by atoms with Gasteiger partial charge in [-0.1, -0.05) is 31.0 Å². The number of piperidine rings is 1. The molecule has 5 heteroatoms. The van der Waals surface area contributed by atoms with Gasteiger partial charge in [-0.15, -0.1) is 0 Å². The van der Waals surface area contributed by atoms with E-state index in [2.05, 4.69) is 11.1 Å². The first-order chi connectivity index (χ1) is 12.3. The molecule has 2 heterocycles. The number of carbonyl (C=O) groups is 1. The third kappa shape index (κ3) is 2.97. The zero-order chi connectivity index (χ0) is 17.2. The van der Waals surface area contributed by atoms with Gasteiger partial charge < -0.3 is 14.6 Å². The zero-order valence-electron chi connectivity index (χ0n) is 14.3. The molecule has 2 aromatic rings. The van der Waals surface area contributed by atoms with Crippen LogP contribution in [0.3, 0.4) is 0 Å². The first kappa shape index (κ1) is 16.0. The number of nitrogens with zero attached hydrogens (tertiary/aromatic N) is 2. The van der Waals surface area contributed by atoms with Crippen molar-refractivity contribution in [1.82, 2.24) is 9.88 Å². The number of amides is 1. The molecule has 1 saturated heterocycles. The summed E-state index contributed by atoms with van der Waals surface area (Å²) in [6, 6.07) is 10.2. The number of para-hydroxylation sites is 1. The maximum atomic E-state index is 12.7. The van der Waals surface area contributed by atoms with Crippen LogP contribution in [0.2, 0.25) is 0 Å². The summed E-state index contributed by atoms with van der Waals surface area (Å²) in [4.78, 5) is 17.9. The number of aromatic amines is 1. The molecular weight excluding hydrogens is 314 g/mol. The summed E-state index contributed by atoms with van der Waals surface area (Å²) in [5.41, 5.74) is 1.32. The first-order valence-corrected chi connectivity index (χ1v) is 9.21. The van der Waals surface area contributed by atoms with Crippen LogP contribution >= 0.6 is 0 Å². The highest BCUT2D eigenvalue weighted by Gasteiger charge is 2.35. The van der Waals surface area contributed by atoms with Gasteiger partial charge in [0.15, 0.2) is 6.61 Å². The highest BCUT2D eigenvalue weighted by Crippen LogP contribution is 2.35. The Morgan fingerprint density at radius 3 is 2.92 bits per heavy atom. The van der Waals surface area contributed by atoms with Gasteiger partial charge in [0.05, 0.1) is 0 Å². The second-order valence-electron chi connectivity index (χ2n) is 7.12. The van der Waals surface area contributed by atoms with Crippen LogP contribution < -0.4 is 4.74 Å². The van der Waals surface area contributed by atoms with Crippen molar-refractivity contribution in [2.75, 3.05) is 13.2 Å². The van der Waals surface area contributed by atoms with Crippen LogP contribution in [0.25, 0.3) is 10.9 Å². The normalized spacial score (nSPS) is 23.1. The Kier molecular flexibility index (Phi) is 4.35.